The van der Waals surface area contributed by atoms with Gasteiger partial charge in [-0.25, -0.2) is 0 Å². The molecule has 0 radical (unpaired) electrons. The molecule has 1 rings (SSSR count). The third kappa shape index (κ3) is 2.35. The highest BCUT2D eigenvalue weighted by molar-refractivity contribution is 9.10. The summed E-state index contributed by atoms with van der Waals surface area (Å²) in [5.74, 6) is 0.968. The molecule has 0 fully saturated rings. The highest BCUT2D eigenvalue weighted by Gasteiger charge is 2.28. The Hall–Kier alpha value is -0.280. The van der Waals surface area contributed by atoms with Gasteiger partial charge in [-0.15, -0.1) is 0 Å². The second-order valence-electron chi connectivity index (χ2n) is 4.22. The molecule has 3 heteroatoms. The van der Waals surface area contributed by atoms with E-state index in [0.717, 1.165) is 10.2 Å². The van der Waals surface area contributed by atoms with Crippen LogP contribution < -0.4 is 5.32 Å². The minimum atomic E-state index is 0.148. The van der Waals surface area contributed by atoms with Crippen LogP contribution in [-0.2, 0) is 0 Å². The SMILES string of the molecule is CNC(c1occc1Br)C(C)(C)C. The number of hydrogen-bond donors (Lipinski definition) is 1. The molecule has 74 valence electrons. The van der Waals surface area contributed by atoms with E-state index >= 15 is 0 Å². The van der Waals surface area contributed by atoms with Crippen molar-refractivity contribution >= 4 is 15.9 Å². The summed E-state index contributed by atoms with van der Waals surface area (Å²) in [6, 6.07) is 2.16. The van der Waals surface area contributed by atoms with Crippen LogP contribution in [0.4, 0.5) is 0 Å². The van der Waals surface area contributed by atoms with Gasteiger partial charge in [0.05, 0.1) is 16.8 Å². The molecule has 13 heavy (non-hydrogen) atoms. The Kier molecular flexibility index (Phi) is 3.19. The maximum absolute atomic E-state index is 5.43. The van der Waals surface area contributed by atoms with Crippen LogP contribution in [0.2, 0.25) is 0 Å². The van der Waals surface area contributed by atoms with Gasteiger partial charge in [-0.2, -0.15) is 0 Å². The maximum Gasteiger partial charge on any atom is 0.135 e. The molecule has 1 aromatic heterocycles. The van der Waals surface area contributed by atoms with Crippen molar-refractivity contribution in [1.82, 2.24) is 5.32 Å². The van der Waals surface area contributed by atoms with Gasteiger partial charge in [0.2, 0.25) is 0 Å². The van der Waals surface area contributed by atoms with Crippen LogP contribution in [0.15, 0.2) is 21.2 Å². The monoisotopic (exact) mass is 245 g/mol. The largest absolute Gasteiger partial charge is 0.466 e. The second-order valence-corrected chi connectivity index (χ2v) is 5.07. The van der Waals surface area contributed by atoms with Crippen LogP contribution in [0.25, 0.3) is 0 Å². The van der Waals surface area contributed by atoms with Crippen molar-refractivity contribution in [2.75, 3.05) is 7.05 Å². The topological polar surface area (TPSA) is 25.2 Å². The smallest absolute Gasteiger partial charge is 0.135 e. The standard InChI is InChI=1S/C10H16BrNO/c1-10(2,3)9(12-4)8-7(11)5-6-13-8/h5-6,9,12H,1-4H3. The molecule has 1 unspecified atom stereocenters. The lowest BCUT2D eigenvalue weighted by atomic mass is 9.85. The molecule has 0 aliphatic heterocycles. The van der Waals surface area contributed by atoms with E-state index in [9.17, 15) is 0 Å². The highest BCUT2D eigenvalue weighted by atomic mass is 79.9. The van der Waals surface area contributed by atoms with Crippen molar-refractivity contribution < 1.29 is 4.42 Å². The van der Waals surface area contributed by atoms with E-state index in [0.29, 0.717) is 0 Å². The van der Waals surface area contributed by atoms with E-state index in [1.807, 2.05) is 13.1 Å². The van der Waals surface area contributed by atoms with Gasteiger partial charge in [-0.3, -0.25) is 0 Å². The molecule has 0 aliphatic carbocycles. The zero-order valence-electron chi connectivity index (χ0n) is 8.52. The zero-order valence-corrected chi connectivity index (χ0v) is 10.1. The van der Waals surface area contributed by atoms with E-state index in [1.54, 1.807) is 6.26 Å². The van der Waals surface area contributed by atoms with E-state index in [1.165, 1.54) is 0 Å². The van der Waals surface area contributed by atoms with Crippen molar-refractivity contribution in [2.24, 2.45) is 5.41 Å². The summed E-state index contributed by atoms with van der Waals surface area (Å²) in [6.07, 6.45) is 1.70. The minimum absolute atomic E-state index is 0.148. The molecule has 2 nitrogen and oxygen atoms in total. The summed E-state index contributed by atoms with van der Waals surface area (Å²) in [5, 5.41) is 3.26. The van der Waals surface area contributed by atoms with Crippen LogP contribution in [-0.4, -0.2) is 7.05 Å². The molecule has 1 atom stereocenters. The molecule has 0 amide bonds. The Morgan fingerprint density at radius 2 is 2.08 bits per heavy atom. The Morgan fingerprint density at radius 1 is 1.46 bits per heavy atom. The average Bonchev–Trinajstić information content (AvgIpc) is 2.35. The molecule has 0 bridgehead atoms. The molecular weight excluding hydrogens is 230 g/mol. The molecular formula is C10H16BrNO. The number of rotatable bonds is 2. The Morgan fingerprint density at radius 3 is 2.38 bits per heavy atom. The van der Waals surface area contributed by atoms with Gasteiger partial charge < -0.3 is 9.73 Å². The minimum Gasteiger partial charge on any atom is -0.466 e. The third-order valence-electron chi connectivity index (χ3n) is 2.06. The zero-order chi connectivity index (χ0) is 10.1. The lowest BCUT2D eigenvalue weighted by Gasteiger charge is -2.28. The normalized spacial score (nSPS) is 14.5. The Labute approximate surface area is 87.8 Å². The third-order valence-corrected chi connectivity index (χ3v) is 2.72. The van der Waals surface area contributed by atoms with Crippen LogP contribution >= 0.6 is 15.9 Å². The number of hydrogen-bond acceptors (Lipinski definition) is 2. The van der Waals surface area contributed by atoms with Crippen molar-refractivity contribution in [1.29, 1.82) is 0 Å². The summed E-state index contributed by atoms with van der Waals surface area (Å²) in [7, 11) is 1.95. The first-order chi connectivity index (χ1) is 5.96. The van der Waals surface area contributed by atoms with Gasteiger partial charge >= 0.3 is 0 Å². The van der Waals surface area contributed by atoms with Crippen molar-refractivity contribution in [3.8, 4) is 0 Å². The Bertz CT molecular complexity index is 275. The van der Waals surface area contributed by atoms with E-state index < -0.39 is 0 Å². The summed E-state index contributed by atoms with van der Waals surface area (Å²) < 4.78 is 6.46. The van der Waals surface area contributed by atoms with Crippen molar-refractivity contribution in [3.63, 3.8) is 0 Å². The van der Waals surface area contributed by atoms with Crippen molar-refractivity contribution in [2.45, 2.75) is 26.8 Å². The molecule has 0 saturated carbocycles. The van der Waals surface area contributed by atoms with Crippen LogP contribution in [0, 0.1) is 5.41 Å². The number of halogens is 1. The molecule has 1 N–H and O–H groups in total. The number of nitrogens with one attached hydrogen (secondary N) is 1. The summed E-state index contributed by atoms with van der Waals surface area (Å²) >= 11 is 3.47. The van der Waals surface area contributed by atoms with E-state index in [2.05, 4.69) is 42.0 Å². The summed E-state index contributed by atoms with van der Waals surface area (Å²) in [6.45, 7) is 6.55. The van der Waals surface area contributed by atoms with Crippen LogP contribution in [0.5, 0.6) is 0 Å². The molecule has 0 aromatic carbocycles. The quantitative estimate of drug-likeness (QED) is 0.865. The van der Waals surface area contributed by atoms with E-state index in [-0.39, 0.29) is 11.5 Å². The van der Waals surface area contributed by atoms with Gasteiger partial charge in [0.15, 0.2) is 0 Å². The second kappa shape index (κ2) is 3.84. The van der Waals surface area contributed by atoms with Gasteiger partial charge in [0.25, 0.3) is 0 Å². The van der Waals surface area contributed by atoms with Crippen molar-refractivity contribution in [3.05, 3.63) is 22.6 Å². The molecule has 1 heterocycles. The fourth-order valence-electron chi connectivity index (χ4n) is 1.47. The van der Waals surface area contributed by atoms with Gasteiger partial charge in [0, 0.05) is 0 Å². The van der Waals surface area contributed by atoms with Crippen LogP contribution in [0.1, 0.15) is 32.6 Å². The molecule has 0 aliphatic rings. The lowest BCUT2D eigenvalue weighted by Crippen LogP contribution is -2.29. The summed E-state index contributed by atoms with van der Waals surface area (Å²) in [5.41, 5.74) is 0.148. The van der Waals surface area contributed by atoms with Crippen LogP contribution in [0.3, 0.4) is 0 Å². The fraction of sp³-hybridized carbons (Fsp3) is 0.600. The van der Waals surface area contributed by atoms with Gasteiger partial charge in [-0.1, -0.05) is 20.8 Å². The first kappa shape index (κ1) is 10.8. The predicted molar refractivity (Wildman–Crippen MR) is 57.7 cm³/mol. The Balaban J connectivity index is 2.98. The van der Waals surface area contributed by atoms with E-state index in [4.69, 9.17) is 4.42 Å². The average molecular weight is 246 g/mol. The summed E-state index contributed by atoms with van der Waals surface area (Å²) in [4.78, 5) is 0. The first-order valence-electron chi connectivity index (χ1n) is 4.37. The first-order valence-corrected chi connectivity index (χ1v) is 5.16. The molecule has 0 saturated heterocycles. The lowest BCUT2D eigenvalue weighted by molar-refractivity contribution is 0.248. The predicted octanol–water partition coefficient (Wildman–Crippen LogP) is 3.35. The number of furan rings is 1. The highest BCUT2D eigenvalue weighted by Crippen LogP contribution is 2.36. The van der Waals surface area contributed by atoms with Gasteiger partial charge in [0.1, 0.15) is 5.76 Å². The molecule has 0 spiro atoms. The maximum atomic E-state index is 5.43. The fourth-order valence-corrected chi connectivity index (χ4v) is 1.90. The molecule has 1 aromatic rings. The van der Waals surface area contributed by atoms with Gasteiger partial charge in [-0.05, 0) is 34.5 Å².